The highest BCUT2D eigenvalue weighted by molar-refractivity contribution is 9.10. The molecule has 0 saturated heterocycles. The van der Waals surface area contributed by atoms with Crippen molar-refractivity contribution >= 4 is 15.9 Å². The summed E-state index contributed by atoms with van der Waals surface area (Å²) in [5.41, 5.74) is 0.896. The van der Waals surface area contributed by atoms with Crippen LogP contribution in [0.4, 0.5) is 0 Å². The van der Waals surface area contributed by atoms with E-state index in [2.05, 4.69) is 25.9 Å². The largest absolute Gasteiger partial charge is 0.461 e. The fourth-order valence-corrected chi connectivity index (χ4v) is 1.25. The number of hydrogen-bond donors (Lipinski definition) is 0. The highest BCUT2D eigenvalue weighted by Crippen LogP contribution is 2.12. The van der Waals surface area contributed by atoms with Gasteiger partial charge in [-0.1, -0.05) is 0 Å². The standard InChI is InChI=1S/C8H11BrN2O/c1-5(2)12-8-10-6(3)4-7(9)11-8/h4-5H,1-3H3. The average molecular weight is 231 g/mol. The van der Waals surface area contributed by atoms with Crippen LogP contribution in [0.2, 0.25) is 0 Å². The first-order valence-corrected chi connectivity index (χ1v) is 4.55. The van der Waals surface area contributed by atoms with Crippen LogP contribution in [0.3, 0.4) is 0 Å². The van der Waals surface area contributed by atoms with Gasteiger partial charge in [-0.25, -0.2) is 4.98 Å². The zero-order valence-corrected chi connectivity index (χ0v) is 8.92. The number of ether oxygens (including phenoxy) is 1. The zero-order valence-electron chi connectivity index (χ0n) is 7.34. The number of halogens is 1. The Hall–Kier alpha value is -0.640. The molecule has 0 aliphatic rings. The zero-order chi connectivity index (χ0) is 9.14. The van der Waals surface area contributed by atoms with Crippen LogP contribution in [-0.2, 0) is 0 Å². The Labute approximate surface area is 80.3 Å². The molecule has 66 valence electrons. The molecule has 0 aromatic carbocycles. The molecular formula is C8H11BrN2O. The first kappa shape index (κ1) is 9.45. The second-order valence-corrected chi connectivity index (χ2v) is 3.59. The smallest absolute Gasteiger partial charge is 0.317 e. The van der Waals surface area contributed by atoms with E-state index >= 15 is 0 Å². The maximum absolute atomic E-state index is 5.32. The maximum Gasteiger partial charge on any atom is 0.317 e. The van der Waals surface area contributed by atoms with Crippen molar-refractivity contribution in [1.29, 1.82) is 0 Å². The molecule has 4 heteroatoms. The lowest BCUT2D eigenvalue weighted by atomic mass is 10.4. The Kier molecular flexibility index (Phi) is 3.03. The Morgan fingerprint density at radius 1 is 1.42 bits per heavy atom. The van der Waals surface area contributed by atoms with Gasteiger partial charge in [0.25, 0.3) is 0 Å². The van der Waals surface area contributed by atoms with E-state index in [0.29, 0.717) is 6.01 Å². The summed E-state index contributed by atoms with van der Waals surface area (Å²) in [4.78, 5) is 8.17. The first-order chi connectivity index (χ1) is 5.58. The van der Waals surface area contributed by atoms with E-state index < -0.39 is 0 Å². The van der Waals surface area contributed by atoms with Crippen molar-refractivity contribution in [2.24, 2.45) is 0 Å². The van der Waals surface area contributed by atoms with Gasteiger partial charge in [0.15, 0.2) is 0 Å². The van der Waals surface area contributed by atoms with Crippen molar-refractivity contribution in [3.8, 4) is 6.01 Å². The molecule has 1 aromatic rings. The topological polar surface area (TPSA) is 35.0 Å². The van der Waals surface area contributed by atoms with Gasteiger partial charge < -0.3 is 4.74 Å². The molecule has 0 spiro atoms. The summed E-state index contributed by atoms with van der Waals surface area (Å²) in [6.45, 7) is 5.79. The minimum absolute atomic E-state index is 0.110. The summed E-state index contributed by atoms with van der Waals surface area (Å²) in [6.07, 6.45) is 0.110. The SMILES string of the molecule is Cc1cc(Br)nc(OC(C)C)n1. The van der Waals surface area contributed by atoms with Gasteiger partial charge in [0.05, 0.1) is 6.10 Å². The third-order valence-corrected chi connectivity index (χ3v) is 1.55. The number of rotatable bonds is 2. The van der Waals surface area contributed by atoms with Gasteiger partial charge in [-0.2, -0.15) is 4.98 Å². The molecule has 0 amide bonds. The van der Waals surface area contributed by atoms with Crippen LogP contribution in [0.5, 0.6) is 6.01 Å². The molecule has 0 unspecified atom stereocenters. The molecule has 0 saturated carbocycles. The van der Waals surface area contributed by atoms with Crippen LogP contribution >= 0.6 is 15.9 Å². The lowest BCUT2D eigenvalue weighted by Crippen LogP contribution is -2.08. The summed E-state index contributed by atoms with van der Waals surface area (Å²) in [5.74, 6) is 0. The van der Waals surface area contributed by atoms with Crippen LogP contribution in [0.1, 0.15) is 19.5 Å². The van der Waals surface area contributed by atoms with Gasteiger partial charge in [-0.05, 0) is 42.8 Å². The van der Waals surface area contributed by atoms with E-state index in [9.17, 15) is 0 Å². The molecule has 1 heterocycles. The van der Waals surface area contributed by atoms with Crippen molar-refractivity contribution in [2.45, 2.75) is 26.9 Å². The summed E-state index contributed by atoms with van der Waals surface area (Å²) in [6, 6.07) is 2.27. The molecule has 3 nitrogen and oxygen atoms in total. The molecule has 0 N–H and O–H groups in total. The number of hydrogen-bond acceptors (Lipinski definition) is 3. The van der Waals surface area contributed by atoms with Gasteiger partial charge in [-0.3, -0.25) is 0 Å². The van der Waals surface area contributed by atoms with E-state index in [-0.39, 0.29) is 6.10 Å². The molecule has 0 bridgehead atoms. The minimum Gasteiger partial charge on any atom is -0.461 e. The molecule has 0 radical (unpaired) electrons. The van der Waals surface area contributed by atoms with Crippen molar-refractivity contribution in [3.05, 3.63) is 16.4 Å². The number of nitrogens with zero attached hydrogens (tertiary/aromatic N) is 2. The van der Waals surface area contributed by atoms with Crippen LogP contribution < -0.4 is 4.74 Å². The summed E-state index contributed by atoms with van der Waals surface area (Å²) in [7, 11) is 0. The Morgan fingerprint density at radius 3 is 2.58 bits per heavy atom. The average Bonchev–Trinajstić information content (AvgIpc) is 1.81. The minimum atomic E-state index is 0.110. The highest BCUT2D eigenvalue weighted by Gasteiger charge is 2.02. The van der Waals surface area contributed by atoms with E-state index in [1.165, 1.54) is 0 Å². The Balaban J connectivity index is 2.85. The van der Waals surface area contributed by atoms with Crippen LogP contribution in [-0.4, -0.2) is 16.1 Å². The molecule has 1 rings (SSSR count). The second kappa shape index (κ2) is 3.85. The molecule has 0 aliphatic carbocycles. The van der Waals surface area contributed by atoms with Crippen LogP contribution in [0, 0.1) is 6.92 Å². The maximum atomic E-state index is 5.32. The predicted molar refractivity (Wildman–Crippen MR) is 50.2 cm³/mol. The van der Waals surface area contributed by atoms with Crippen molar-refractivity contribution in [1.82, 2.24) is 9.97 Å². The predicted octanol–water partition coefficient (Wildman–Crippen LogP) is 2.33. The second-order valence-electron chi connectivity index (χ2n) is 2.78. The molecule has 0 fully saturated rings. The third kappa shape index (κ3) is 2.77. The lowest BCUT2D eigenvalue weighted by molar-refractivity contribution is 0.221. The first-order valence-electron chi connectivity index (χ1n) is 3.76. The summed E-state index contributed by atoms with van der Waals surface area (Å²) >= 11 is 3.27. The molecule has 0 aliphatic heterocycles. The summed E-state index contributed by atoms with van der Waals surface area (Å²) < 4.78 is 6.08. The fraction of sp³-hybridized carbons (Fsp3) is 0.500. The molecule has 1 aromatic heterocycles. The van der Waals surface area contributed by atoms with Gasteiger partial charge in [-0.15, -0.1) is 0 Å². The lowest BCUT2D eigenvalue weighted by Gasteiger charge is -2.07. The third-order valence-electron chi connectivity index (χ3n) is 1.14. The molecular weight excluding hydrogens is 220 g/mol. The van der Waals surface area contributed by atoms with Gasteiger partial charge >= 0.3 is 6.01 Å². The van der Waals surface area contributed by atoms with E-state index in [4.69, 9.17) is 4.74 Å². The Bertz CT molecular complexity index is 256. The summed E-state index contributed by atoms with van der Waals surface area (Å²) in [5, 5.41) is 0. The van der Waals surface area contributed by atoms with Gasteiger partial charge in [0.2, 0.25) is 0 Å². The van der Waals surface area contributed by atoms with E-state index in [0.717, 1.165) is 10.3 Å². The monoisotopic (exact) mass is 230 g/mol. The van der Waals surface area contributed by atoms with Gasteiger partial charge in [0.1, 0.15) is 4.60 Å². The van der Waals surface area contributed by atoms with Crippen molar-refractivity contribution in [3.63, 3.8) is 0 Å². The quantitative estimate of drug-likeness (QED) is 0.732. The van der Waals surface area contributed by atoms with Crippen molar-refractivity contribution in [2.75, 3.05) is 0 Å². The fourth-order valence-electron chi connectivity index (χ4n) is 0.768. The molecule has 12 heavy (non-hydrogen) atoms. The normalized spacial score (nSPS) is 10.4. The highest BCUT2D eigenvalue weighted by atomic mass is 79.9. The Morgan fingerprint density at radius 2 is 2.08 bits per heavy atom. The number of aromatic nitrogens is 2. The number of aryl methyl sites for hydroxylation is 1. The molecule has 0 atom stereocenters. The van der Waals surface area contributed by atoms with E-state index in [1.54, 1.807) is 0 Å². The van der Waals surface area contributed by atoms with Gasteiger partial charge in [0, 0.05) is 5.69 Å². The van der Waals surface area contributed by atoms with Crippen molar-refractivity contribution < 1.29 is 4.74 Å². The van der Waals surface area contributed by atoms with Crippen LogP contribution in [0.25, 0.3) is 0 Å². The van der Waals surface area contributed by atoms with Crippen LogP contribution in [0.15, 0.2) is 10.7 Å². The van der Waals surface area contributed by atoms with E-state index in [1.807, 2.05) is 26.8 Å².